The van der Waals surface area contributed by atoms with Crippen molar-refractivity contribution in [1.82, 2.24) is 0 Å². The van der Waals surface area contributed by atoms with Crippen LogP contribution in [0.1, 0.15) is 47.5 Å². The van der Waals surface area contributed by atoms with Crippen LogP contribution in [0.15, 0.2) is 23.3 Å². The molecule has 0 aromatic carbocycles. The lowest BCUT2D eigenvalue weighted by Crippen LogP contribution is -2.41. The Morgan fingerprint density at radius 3 is 2.21 bits per heavy atom. The summed E-state index contributed by atoms with van der Waals surface area (Å²) in [5.41, 5.74) is 6.30. The Kier molecular flexibility index (Phi) is 4.89. The monoisotopic (exact) mass is 261 g/mol. The Bertz CT molecular complexity index is 414. The van der Waals surface area contributed by atoms with Crippen molar-refractivity contribution >= 4 is 7.12 Å². The molecule has 0 aromatic heterocycles. The molecule has 0 aliphatic carbocycles. The Hall–Kier alpha value is -1.18. The molecule has 0 unspecified atom stereocenters. The third kappa shape index (κ3) is 3.43. The maximum absolute atomic E-state index is 6.02. The first-order valence-electron chi connectivity index (χ1n) is 6.73. The van der Waals surface area contributed by atoms with Gasteiger partial charge in [0.15, 0.2) is 0 Å². The zero-order valence-electron chi connectivity index (χ0n) is 12.6. The lowest BCUT2D eigenvalue weighted by atomic mass is 9.77. The highest BCUT2D eigenvalue weighted by atomic mass is 16.7. The van der Waals surface area contributed by atoms with Gasteiger partial charge in [0.2, 0.25) is 0 Å². The summed E-state index contributed by atoms with van der Waals surface area (Å²) in [6.07, 6.45) is 11.5. The van der Waals surface area contributed by atoms with E-state index in [-0.39, 0.29) is 0 Å². The summed E-state index contributed by atoms with van der Waals surface area (Å²) in [6, 6.07) is 0. The second-order valence-electron chi connectivity index (χ2n) is 5.79. The topological polar surface area (TPSA) is 44.5 Å². The normalized spacial score (nSPS) is 22.4. The molecule has 1 rings (SSSR count). The van der Waals surface area contributed by atoms with Crippen LogP contribution in [0.5, 0.6) is 0 Å². The van der Waals surface area contributed by atoms with Crippen LogP contribution < -0.4 is 5.73 Å². The quantitative estimate of drug-likeness (QED) is 0.481. The lowest BCUT2D eigenvalue weighted by Gasteiger charge is -2.32. The van der Waals surface area contributed by atoms with Gasteiger partial charge in [-0.15, -0.1) is 6.42 Å². The van der Waals surface area contributed by atoms with Gasteiger partial charge >= 0.3 is 7.12 Å². The van der Waals surface area contributed by atoms with Crippen molar-refractivity contribution in [1.29, 1.82) is 0 Å². The molecule has 0 aromatic rings. The fraction of sp³-hybridized carbons (Fsp3) is 0.600. The van der Waals surface area contributed by atoms with Crippen molar-refractivity contribution in [3.8, 4) is 12.3 Å². The fourth-order valence-electron chi connectivity index (χ4n) is 1.72. The summed E-state index contributed by atoms with van der Waals surface area (Å²) in [5.74, 6) is 2.60. The maximum Gasteiger partial charge on any atom is 0.505 e. The van der Waals surface area contributed by atoms with Crippen LogP contribution in [0.4, 0.5) is 0 Å². The molecule has 104 valence electrons. The van der Waals surface area contributed by atoms with Gasteiger partial charge in [0.1, 0.15) is 0 Å². The molecule has 1 aliphatic heterocycles. The molecular weight excluding hydrogens is 237 g/mol. The Balaban J connectivity index is 2.95. The van der Waals surface area contributed by atoms with Crippen molar-refractivity contribution in [2.45, 2.75) is 58.7 Å². The Morgan fingerprint density at radius 2 is 1.79 bits per heavy atom. The molecule has 1 fully saturated rings. The van der Waals surface area contributed by atoms with Crippen LogP contribution in [-0.2, 0) is 9.31 Å². The molecule has 3 nitrogen and oxygen atoms in total. The van der Waals surface area contributed by atoms with Crippen LogP contribution in [-0.4, -0.2) is 18.3 Å². The van der Waals surface area contributed by atoms with E-state index in [2.05, 4.69) is 12.8 Å². The summed E-state index contributed by atoms with van der Waals surface area (Å²) in [4.78, 5) is 0. The molecule has 2 N–H and O–H groups in total. The molecule has 0 amide bonds. The molecule has 1 aliphatic rings. The average molecular weight is 261 g/mol. The van der Waals surface area contributed by atoms with Gasteiger partial charge in [-0.05, 0) is 40.2 Å². The first-order chi connectivity index (χ1) is 8.75. The number of terminal acetylenes is 1. The number of allylic oxidation sites excluding steroid dienone is 3. The van der Waals surface area contributed by atoms with Gasteiger partial charge in [-0.3, -0.25) is 0 Å². The zero-order valence-corrected chi connectivity index (χ0v) is 12.6. The number of hydrogen-bond acceptors (Lipinski definition) is 3. The number of hydrogen-bond donors (Lipinski definition) is 1. The summed E-state index contributed by atoms with van der Waals surface area (Å²) in [6.45, 7) is 10.1. The standard InChI is InChI=1S/C15H24BNO2/c1-7-9-10-11-13(17)12(8-2)16-18-14(3,4)15(5,6)19-16/h2,10-11H,7,9,17H2,1,3-6H3/b11-10-,13-12-. The van der Waals surface area contributed by atoms with Gasteiger partial charge in [0.25, 0.3) is 0 Å². The van der Waals surface area contributed by atoms with Crippen LogP contribution >= 0.6 is 0 Å². The second kappa shape index (κ2) is 5.86. The van der Waals surface area contributed by atoms with E-state index >= 15 is 0 Å². The first kappa shape index (κ1) is 15.9. The molecule has 1 saturated heterocycles. The van der Waals surface area contributed by atoms with E-state index in [9.17, 15) is 0 Å². The van der Waals surface area contributed by atoms with E-state index in [0.717, 1.165) is 12.8 Å². The van der Waals surface area contributed by atoms with E-state index < -0.39 is 18.3 Å². The summed E-state index contributed by atoms with van der Waals surface area (Å²) in [5, 5.41) is 0. The highest BCUT2D eigenvalue weighted by Gasteiger charge is 2.52. The van der Waals surface area contributed by atoms with Gasteiger partial charge in [0.05, 0.1) is 16.7 Å². The SMILES string of the molecule is C#C/C(B1OC(C)(C)C(C)(C)O1)=C(N)\C=C/CCC. The third-order valence-corrected chi connectivity index (χ3v) is 3.71. The van der Waals surface area contributed by atoms with Crippen molar-refractivity contribution in [3.05, 3.63) is 23.3 Å². The van der Waals surface area contributed by atoms with Gasteiger partial charge in [-0.1, -0.05) is 25.3 Å². The first-order valence-corrected chi connectivity index (χ1v) is 6.73. The van der Waals surface area contributed by atoms with Crippen molar-refractivity contribution in [2.24, 2.45) is 5.73 Å². The zero-order chi connectivity index (χ0) is 14.7. The minimum atomic E-state index is -0.568. The van der Waals surface area contributed by atoms with Crippen LogP contribution in [0.3, 0.4) is 0 Å². The lowest BCUT2D eigenvalue weighted by molar-refractivity contribution is 0.00578. The van der Waals surface area contributed by atoms with Crippen molar-refractivity contribution in [3.63, 3.8) is 0 Å². The molecule has 0 saturated carbocycles. The van der Waals surface area contributed by atoms with Gasteiger partial charge in [0, 0.05) is 5.70 Å². The minimum Gasteiger partial charge on any atom is -0.399 e. The van der Waals surface area contributed by atoms with E-state index in [4.69, 9.17) is 21.5 Å². The minimum absolute atomic E-state index is 0.410. The highest BCUT2D eigenvalue weighted by Crippen LogP contribution is 2.38. The van der Waals surface area contributed by atoms with E-state index in [1.807, 2.05) is 39.8 Å². The fourth-order valence-corrected chi connectivity index (χ4v) is 1.72. The predicted octanol–water partition coefficient (Wildman–Crippen LogP) is 2.82. The average Bonchev–Trinajstić information content (AvgIpc) is 2.49. The second-order valence-corrected chi connectivity index (χ2v) is 5.79. The Labute approximate surface area is 117 Å². The van der Waals surface area contributed by atoms with Gasteiger partial charge in [-0.2, -0.15) is 0 Å². The highest BCUT2D eigenvalue weighted by molar-refractivity contribution is 6.56. The van der Waals surface area contributed by atoms with Crippen LogP contribution in [0.2, 0.25) is 0 Å². The Morgan fingerprint density at radius 1 is 1.26 bits per heavy atom. The van der Waals surface area contributed by atoms with Crippen molar-refractivity contribution < 1.29 is 9.31 Å². The van der Waals surface area contributed by atoms with E-state index in [1.165, 1.54) is 0 Å². The summed E-state index contributed by atoms with van der Waals surface area (Å²) >= 11 is 0. The molecular formula is C15H24BNO2. The van der Waals surface area contributed by atoms with E-state index in [1.54, 1.807) is 0 Å². The number of unbranched alkanes of at least 4 members (excludes halogenated alkanes) is 1. The van der Waals surface area contributed by atoms with Gasteiger partial charge < -0.3 is 15.0 Å². The van der Waals surface area contributed by atoms with Crippen LogP contribution in [0, 0.1) is 12.3 Å². The maximum atomic E-state index is 6.02. The molecule has 0 atom stereocenters. The molecule has 19 heavy (non-hydrogen) atoms. The number of nitrogens with two attached hydrogens (primary N) is 1. The molecule has 0 spiro atoms. The summed E-state index contributed by atoms with van der Waals surface area (Å²) < 4.78 is 11.8. The smallest absolute Gasteiger partial charge is 0.399 e. The molecule has 1 heterocycles. The molecule has 0 radical (unpaired) electrons. The van der Waals surface area contributed by atoms with Crippen molar-refractivity contribution in [2.75, 3.05) is 0 Å². The largest absolute Gasteiger partial charge is 0.505 e. The van der Waals surface area contributed by atoms with E-state index in [0.29, 0.717) is 11.2 Å². The molecule has 0 bridgehead atoms. The summed E-state index contributed by atoms with van der Waals surface area (Å²) in [7, 11) is -0.568. The predicted molar refractivity (Wildman–Crippen MR) is 80.2 cm³/mol. The van der Waals surface area contributed by atoms with Gasteiger partial charge in [-0.25, -0.2) is 0 Å². The number of rotatable bonds is 4. The molecule has 4 heteroatoms. The third-order valence-electron chi connectivity index (χ3n) is 3.71. The van der Waals surface area contributed by atoms with Crippen LogP contribution in [0.25, 0.3) is 0 Å².